The summed E-state index contributed by atoms with van der Waals surface area (Å²) in [7, 11) is 0. The Balaban J connectivity index is 2.45. The van der Waals surface area contributed by atoms with Crippen molar-refractivity contribution in [1.82, 2.24) is 0 Å². The molecule has 0 saturated heterocycles. The van der Waals surface area contributed by atoms with Crippen LogP contribution < -0.4 is 0 Å². The average Bonchev–Trinajstić information content (AvgIpc) is 2.37. The van der Waals surface area contributed by atoms with E-state index in [9.17, 15) is 29.3 Å². The van der Waals surface area contributed by atoms with E-state index < -0.39 is 23.5 Å². The number of carbonyl (C=O) groups is 2. The van der Waals surface area contributed by atoms with Gasteiger partial charge in [0.15, 0.2) is 5.78 Å². The minimum atomic E-state index is -1.60. The Hall–Kier alpha value is -2.89. The molecule has 0 fully saturated rings. The molecule has 0 amide bonds. The van der Waals surface area contributed by atoms with Gasteiger partial charge in [-0.1, -0.05) is 0 Å². The number of Topliss-reactive ketones (excluding diaryl/α,β-unsaturated/α-hetero) is 1. The number of aromatic hydroxyl groups is 2. The van der Waals surface area contributed by atoms with E-state index in [1.165, 1.54) is 12.1 Å². The van der Waals surface area contributed by atoms with Gasteiger partial charge in [0.1, 0.15) is 23.2 Å². The lowest BCUT2D eigenvalue weighted by molar-refractivity contribution is -0.137. The van der Waals surface area contributed by atoms with Crippen LogP contribution in [0.25, 0.3) is 0 Å². The Kier molecular flexibility index (Phi) is 3.89. The van der Waals surface area contributed by atoms with Crippen LogP contribution in [-0.4, -0.2) is 27.1 Å². The average molecular weight is 290 g/mol. The van der Waals surface area contributed by atoms with Gasteiger partial charge in [-0.05, 0) is 42.0 Å². The molecule has 0 spiro atoms. The number of carboxylic acids is 1. The Labute approximate surface area is 118 Å². The van der Waals surface area contributed by atoms with Crippen molar-refractivity contribution in [3.05, 3.63) is 59.4 Å². The molecule has 0 aliphatic carbocycles. The molecule has 1 atom stereocenters. The van der Waals surface area contributed by atoms with Crippen LogP contribution >= 0.6 is 0 Å². The van der Waals surface area contributed by atoms with E-state index in [1.54, 1.807) is 0 Å². The van der Waals surface area contributed by atoms with Crippen molar-refractivity contribution in [2.24, 2.45) is 0 Å². The van der Waals surface area contributed by atoms with Crippen molar-refractivity contribution < 1.29 is 29.3 Å². The highest BCUT2D eigenvalue weighted by atomic mass is 19.1. The molecule has 3 N–H and O–H groups in total. The van der Waals surface area contributed by atoms with E-state index in [0.29, 0.717) is 0 Å². The molecule has 0 aromatic heterocycles. The molecule has 108 valence electrons. The highest BCUT2D eigenvalue weighted by molar-refractivity contribution is 6.12. The minimum Gasteiger partial charge on any atom is -0.508 e. The number of phenolic OH excluding ortho intramolecular Hbond substituents is 2. The predicted molar refractivity (Wildman–Crippen MR) is 70.9 cm³/mol. The number of carboxylic acid groups (broad SMARTS) is 1. The third-order valence-corrected chi connectivity index (χ3v) is 2.90. The molecule has 0 radical (unpaired) electrons. The summed E-state index contributed by atoms with van der Waals surface area (Å²) in [5.41, 5.74) is -0.0408. The van der Waals surface area contributed by atoms with E-state index in [4.69, 9.17) is 0 Å². The van der Waals surface area contributed by atoms with E-state index >= 15 is 0 Å². The van der Waals surface area contributed by atoms with E-state index in [1.807, 2.05) is 0 Å². The lowest BCUT2D eigenvalue weighted by Crippen LogP contribution is -2.21. The first-order valence-electron chi connectivity index (χ1n) is 5.94. The van der Waals surface area contributed by atoms with Crippen molar-refractivity contribution in [2.45, 2.75) is 5.92 Å². The monoisotopic (exact) mass is 290 g/mol. The lowest BCUT2D eigenvalue weighted by Gasteiger charge is -2.12. The SMILES string of the molecule is O=C(O)C(C(=O)c1ccc(F)cc1)c1cc(O)cc(O)c1. The zero-order valence-electron chi connectivity index (χ0n) is 10.7. The van der Waals surface area contributed by atoms with Crippen molar-refractivity contribution >= 4 is 11.8 Å². The minimum absolute atomic E-state index is 0.0200. The standard InChI is InChI=1S/C15H11FO5/c16-10-3-1-8(2-4-10)14(19)13(15(20)21)9-5-11(17)7-12(18)6-9/h1-7,13,17-18H,(H,20,21). The van der Waals surface area contributed by atoms with E-state index in [0.717, 1.165) is 30.3 Å². The van der Waals surface area contributed by atoms with Gasteiger partial charge in [-0.2, -0.15) is 0 Å². The van der Waals surface area contributed by atoms with Gasteiger partial charge in [0.25, 0.3) is 0 Å². The van der Waals surface area contributed by atoms with Crippen molar-refractivity contribution in [3.8, 4) is 11.5 Å². The summed E-state index contributed by atoms with van der Waals surface area (Å²) in [6.45, 7) is 0. The van der Waals surface area contributed by atoms with Crippen LogP contribution in [0.1, 0.15) is 21.8 Å². The van der Waals surface area contributed by atoms with Crippen molar-refractivity contribution in [3.63, 3.8) is 0 Å². The molecule has 1 unspecified atom stereocenters. The first-order chi connectivity index (χ1) is 9.88. The molecule has 2 aromatic carbocycles. The molecular weight excluding hydrogens is 279 g/mol. The number of hydrogen-bond acceptors (Lipinski definition) is 4. The summed E-state index contributed by atoms with van der Waals surface area (Å²) < 4.78 is 12.8. The summed E-state index contributed by atoms with van der Waals surface area (Å²) in [6, 6.07) is 7.63. The van der Waals surface area contributed by atoms with E-state index in [2.05, 4.69) is 0 Å². The van der Waals surface area contributed by atoms with Crippen LogP contribution in [0.4, 0.5) is 4.39 Å². The summed E-state index contributed by atoms with van der Waals surface area (Å²) in [6.07, 6.45) is 0. The molecule has 5 nitrogen and oxygen atoms in total. The van der Waals surface area contributed by atoms with Gasteiger partial charge in [-0.25, -0.2) is 4.39 Å². The number of ketones is 1. The fourth-order valence-electron chi connectivity index (χ4n) is 1.97. The molecular formula is C15H11FO5. The summed E-state index contributed by atoms with van der Waals surface area (Å²) in [5.74, 6) is -5.07. The number of benzene rings is 2. The maximum absolute atomic E-state index is 12.8. The zero-order chi connectivity index (χ0) is 15.6. The molecule has 0 aliphatic rings. The molecule has 6 heteroatoms. The van der Waals surface area contributed by atoms with Gasteiger partial charge in [0.2, 0.25) is 0 Å². The summed E-state index contributed by atoms with van der Waals surface area (Å²) >= 11 is 0. The Bertz CT molecular complexity index is 673. The predicted octanol–water partition coefficient (Wildman–Crippen LogP) is 2.29. The normalized spacial score (nSPS) is 11.9. The molecule has 0 saturated carbocycles. The van der Waals surface area contributed by atoms with Crippen LogP contribution in [-0.2, 0) is 4.79 Å². The fraction of sp³-hybridized carbons (Fsp3) is 0.0667. The first-order valence-corrected chi connectivity index (χ1v) is 5.94. The highest BCUT2D eigenvalue weighted by Gasteiger charge is 2.30. The maximum atomic E-state index is 12.8. The highest BCUT2D eigenvalue weighted by Crippen LogP contribution is 2.28. The number of carbonyl (C=O) groups excluding carboxylic acids is 1. The van der Waals surface area contributed by atoms with Crippen molar-refractivity contribution in [1.29, 1.82) is 0 Å². The number of rotatable bonds is 4. The molecule has 0 bridgehead atoms. The summed E-state index contributed by atoms with van der Waals surface area (Å²) in [4.78, 5) is 23.6. The molecule has 0 aliphatic heterocycles. The van der Waals surface area contributed by atoms with E-state index in [-0.39, 0.29) is 22.6 Å². The summed E-state index contributed by atoms with van der Waals surface area (Å²) in [5, 5.41) is 28.0. The van der Waals surface area contributed by atoms with Crippen LogP contribution in [0.5, 0.6) is 11.5 Å². The second-order valence-electron chi connectivity index (χ2n) is 4.43. The second-order valence-corrected chi connectivity index (χ2v) is 4.43. The first kappa shape index (κ1) is 14.5. The number of hydrogen-bond donors (Lipinski definition) is 3. The van der Waals surface area contributed by atoms with Gasteiger partial charge < -0.3 is 15.3 Å². The van der Waals surface area contributed by atoms with Gasteiger partial charge in [-0.15, -0.1) is 0 Å². The number of aliphatic carboxylic acids is 1. The number of phenols is 2. The molecule has 0 heterocycles. The molecule has 2 rings (SSSR count). The zero-order valence-corrected chi connectivity index (χ0v) is 10.7. The van der Waals surface area contributed by atoms with Gasteiger partial charge in [-0.3, -0.25) is 9.59 Å². The lowest BCUT2D eigenvalue weighted by atomic mass is 9.90. The Morgan fingerprint density at radius 2 is 1.48 bits per heavy atom. The fourth-order valence-corrected chi connectivity index (χ4v) is 1.97. The van der Waals surface area contributed by atoms with Gasteiger partial charge >= 0.3 is 5.97 Å². The van der Waals surface area contributed by atoms with Crippen LogP contribution in [0.15, 0.2) is 42.5 Å². The second kappa shape index (κ2) is 5.62. The van der Waals surface area contributed by atoms with Gasteiger partial charge in [0.05, 0.1) is 0 Å². The Morgan fingerprint density at radius 1 is 0.952 bits per heavy atom. The quantitative estimate of drug-likeness (QED) is 0.593. The molecule has 21 heavy (non-hydrogen) atoms. The third kappa shape index (κ3) is 3.17. The largest absolute Gasteiger partial charge is 0.508 e. The van der Waals surface area contributed by atoms with Crippen molar-refractivity contribution in [2.75, 3.05) is 0 Å². The van der Waals surface area contributed by atoms with Crippen LogP contribution in [0, 0.1) is 5.82 Å². The molecule has 2 aromatic rings. The van der Waals surface area contributed by atoms with Gasteiger partial charge in [0, 0.05) is 11.6 Å². The smallest absolute Gasteiger partial charge is 0.318 e. The Morgan fingerprint density at radius 3 is 1.95 bits per heavy atom. The van der Waals surface area contributed by atoms with Crippen LogP contribution in [0.3, 0.4) is 0 Å². The number of halogens is 1. The third-order valence-electron chi connectivity index (χ3n) is 2.90. The topological polar surface area (TPSA) is 94.8 Å². The maximum Gasteiger partial charge on any atom is 0.318 e. The van der Waals surface area contributed by atoms with Crippen LogP contribution in [0.2, 0.25) is 0 Å².